The van der Waals surface area contributed by atoms with Gasteiger partial charge in [0.25, 0.3) is 11.8 Å². The Morgan fingerprint density at radius 2 is 0.720 bits per heavy atom. The van der Waals surface area contributed by atoms with Crippen molar-refractivity contribution in [2.24, 2.45) is 41.2 Å². The second-order valence-electron chi connectivity index (χ2n) is 35.3. The maximum Gasteiger partial charge on any atom is 0.336 e. The summed E-state index contributed by atoms with van der Waals surface area (Å²) < 4.78 is 17.7. The van der Waals surface area contributed by atoms with Gasteiger partial charge in [0.1, 0.15) is 52.4 Å². The number of nitrogens with one attached hydrogen (secondary N) is 5. The number of amides is 5. The Kier molecular flexibility index (Phi) is 24.0. The maximum atomic E-state index is 13.3. The summed E-state index contributed by atoms with van der Waals surface area (Å²) >= 11 is 0. The predicted octanol–water partition coefficient (Wildman–Crippen LogP) is 9.50. The number of nitrogens with two attached hydrogens (primary N) is 1. The van der Waals surface area contributed by atoms with Crippen molar-refractivity contribution >= 4 is 105 Å². The molecule has 0 bridgehead atoms. The average Bonchev–Trinajstić information content (AvgIpc) is 1.15. The Bertz CT molecular complexity index is 4560. The van der Waals surface area contributed by atoms with Crippen LogP contribution in [0.1, 0.15) is 168 Å². The van der Waals surface area contributed by atoms with E-state index in [1.54, 1.807) is 66.6 Å². The summed E-state index contributed by atoms with van der Waals surface area (Å²) in [7, 11) is 11.9. The number of benzene rings is 3. The van der Waals surface area contributed by atoms with Crippen molar-refractivity contribution in [3.8, 4) is 17.2 Å². The number of likely N-dealkylation sites (tertiary alicyclic amines) is 3. The van der Waals surface area contributed by atoms with Gasteiger partial charge in [-0.25, -0.2) is 19.7 Å². The van der Waals surface area contributed by atoms with E-state index < -0.39 is 5.97 Å². The second kappa shape index (κ2) is 34.2. The van der Waals surface area contributed by atoms with Crippen LogP contribution in [0.2, 0.25) is 0 Å². The number of hydrogen-bond acceptors (Lipinski definition) is 25. The van der Waals surface area contributed by atoms with Gasteiger partial charge in [-0.3, -0.25) is 24.0 Å². The number of aromatic carboxylic acids is 1. The van der Waals surface area contributed by atoms with Gasteiger partial charge >= 0.3 is 5.97 Å². The number of hydrogen-bond donors (Lipinski definition) is 7. The molecule has 9 aliphatic heterocycles. The molecule has 12 atom stereocenters. The molecule has 3 aromatic carbocycles. The van der Waals surface area contributed by atoms with Crippen molar-refractivity contribution < 1.29 is 48.1 Å². The first-order valence-electron chi connectivity index (χ1n) is 42.7. The fourth-order valence-electron chi connectivity index (χ4n) is 20.9. The lowest BCUT2D eigenvalue weighted by atomic mass is 10.0. The van der Waals surface area contributed by atoms with Crippen molar-refractivity contribution in [1.82, 2.24) is 55.2 Å². The molecule has 31 heteroatoms. The van der Waals surface area contributed by atoms with Crippen LogP contribution in [0, 0.1) is 35.5 Å². The zero-order valence-electron chi connectivity index (χ0n) is 71.1. The van der Waals surface area contributed by atoms with Gasteiger partial charge in [-0.15, -0.1) is 0 Å². The van der Waals surface area contributed by atoms with Crippen molar-refractivity contribution in [2.45, 2.75) is 194 Å². The highest BCUT2D eigenvalue weighted by molar-refractivity contribution is 6.07. The first kappa shape index (κ1) is 82.8. The zero-order valence-corrected chi connectivity index (χ0v) is 71.1. The molecule has 0 spiro atoms. The minimum absolute atomic E-state index is 0.0162. The van der Waals surface area contributed by atoms with Crippen LogP contribution in [0.4, 0.5) is 69.4 Å². The summed E-state index contributed by atoms with van der Waals surface area (Å²) in [5, 5.41) is 25.8. The number of carboxylic acid groups (broad SMARTS) is 1. The van der Waals surface area contributed by atoms with E-state index in [-0.39, 0.29) is 83.4 Å². The second-order valence-corrected chi connectivity index (χ2v) is 35.3. The van der Waals surface area contributed by atoms with Crippen LogP contribution < -0.4 is 75.9 Å². The molecule has 5 amide bonds. The fourth-order valence-corrected chi connectivity index (χ4v) is 20.9. The predicted molar refractivity (Wildman–Crippen MR) is 457 cm³/mol. The summed E-state index contributed by atoms with van der Waals surface area (Å²) in [6.45, 7) is 27.0. The number of ether oxygens (including phenoxy) is 3. The third-order valence-corrected chi connectivity index (χ3v) is 26.3. The lowest BCUT2D eigenvalue weighted by Gasteiger charge is -2.42. The Morgan fingerprint density at radius 3 is 1.00 bits per heavy atom. The van der Waals surface area contributed by atoms with E-state index in [1.165, 1.54) is 25.9 Å². The minimum atomic E-state index is -0.973. The van der Waals surface area contributed by atoms with E-state index in [0.717, 1.165) is 97.8 Å². The molecule has 6 aromatic rings. The number of rotatable bonds is 17. The highest BCUT2D eigenvalue weighted by atomic mass is 16.5. The van der Waals surface area contributed by atoms with E-state index in [0.29, 0.717) is 168 Å². The first-order chi connectivity index (χ1) is 56.6. The number of anilines is 12. The van der Waals surface area contributed by atoms with E-state index in [1.807, 2.05) is 63.8 Å². The molecule has 632 valence electrons. The molecule has 3 saturated heterocycles. The summed E-state index contributed by atoms with van der Waals surface area (Å²) in [5.74, 6) is 9.01. The summed E-state index contributed by atoms with van der Waals surface area (Å²) in [4.78, 5) is 123. The zero-order chi connectivity index (χ0) is 83.6. The molecule has 3 aromatic heterocycles. The molecule has 8 N–H and O–H groups in total. The minimum Gasteiger partial charge on any atom is -0.491 e. The van der Waals surface area contributed by atoms with Crippen molar-refractivity contribution in [3.63, 3.8) is 0 Å². The van der Waals surface area contributed by atoms with Crippen LogP contribution in [-0.2, 0) is 33.6 Å². The average molecular weight is 1620 g/mol. The number of fused-ring (bicyclic) bond motifs is 9. The molecule has 3 saturated carbocycles. The molecule has 12 aliphatic rings. The normalized spacial score (nSPS) is 25.7. The van der Waals surface area contributed by atoms with Crippen molar-refractivity contribution in [2.75, 3.05) is 147 Å². The number of carboxylic acids is 1. The Labute approximate surface area is 692 Å². The molecular formula is C87H119N21O10. The van der Waals surface area contributed by atoms with Crippen molar-refractivity contribution in [3.05, 3.63) is 88.4 Å². The lowest BCUT2D eigenvalue weighted by Crippen LogP contribution is -2.54. The highest BCUT2D eigenvalue weighted by Crippen LogP contribution is 2.47. The maximum absolute atomic E-state index is 13.3. The summed E-state index contributed by atoms with van der Waals surface area (Å²) in [6, 6.07) is 11.2. The smallest absolute Gasteiger partial charge is 0.336 e. The molecule has 31 nitrogen and oxygen atoms in total. The molecular weight excluding hydrogens is 1500 g/mol. The Balaban J connectivity index is 0.000000131. The standard InChI is InChI=1S/2C29H39N7O3.C21H25N5O4.C8H16N2/c2*1-6-23-28(38)35(5)24-13-30-29(33-26(24)36(23)16(2)3)32-22-8-7-21(20-9-10-39-25(20)22)27(37)31-19-11-17-14-34(4)15-18(17)12-19;1-5-15-19(27)25(4)16-10-22-21(24-18(16)26(15)11(2)3)23-14-7-6-13(20(28)29)12-8-9-30-17(12)14;1-10-4-6-2-8(9)3-7(6)5-10/h2*7-8,13,16-19,23H,6,9-12,14-15H2,1-5H3,(H,31,37)(H,30,32,33);6-7,10-11,15H,5,8-9H2,1-4H3,(H,28,29)(H,22,23,24);6-8H,2-5,9H2,1H3/t2*17-,18+,19?,23-;15-;6-,7+,8?/m111./s1. The SMILES string of the molecule is CC[C@@H]1C(=O)N(C)c2cnc(Nc3ccc(C(=O)NC4C[C@@H]5CN(C)C[C@@H]5C4)c4c3OCC4)nc2N1C(C)C.CC[C@@H]1C(=O)N(C)c2cnc(Nc3ccc(C(=O)NC4C[C@@H]5CN(C)C[C@@H]5C4)c4c3OCC4)nc2N1C(C)C.CC[C@@H]1C(=O)N(C)c2cnc(Nc3ccc(C(=O)O)c4c3OCC4)nc2N1C(C)C.CN1C[C@H]2CC(N)C[C@H]2C1. The van der Waals surface area contributed by atoms with Gasteiger partial charge in [0.15, 0.2) is 17.5 Å². The quantitative estimate of drug-likeness (QED) is 0.0447. The van der Waals surface area contributed by atoms with Crippen LogP contribution in [-0.4, -0.2) is 241 Å². The van der Waals surface area contributed by atoms with Crippen LogP contribution in [0.5, 0.6) is 17.2 Å². The van der Waals surface area contributed by atoms with E-state index >= 15 is 0 Å². The number of likely N-dealkylation sites (N-methyl/N-ethyl adjacent to an activating group) is 3. The van der Waals surface area contributed by atoms with E-state index in [4.69, 9.17) is 34.9 Å². The topological polar surface area (TPSA) is 343 Å². The Morgan fingerprint density at radius 1 is 0.441 bits per heavy atom. The van der Waals surface area contributed by atoms with Crippen LogP contribution in [0.3, 0.4) is 0 Å². The molecule has 18 rings (SSSR count). The van der Waals surface area contributed by atoms with E-state index in [9.17, 15) is 33.9 Å². The van der Waals surface area contributed by atoms with Gasteiger partial charge in [0.05, 0.1) is 61.0 Å². The molecule has 3 aliphatic carbocycles. The lowest BCUT2D eigenvalue weighted by molar-refractivity contribution is -0.120. The molecule has 12 heterocycles. The Hall–Kier alpha value is -10.2. The van der Waals surface area contributed by atoms with Gasteiger partial charge in [0.2, 0.25) is 35.6 Å². The first-order valence-corrected chi connectivity index (χ1v) is 42.7. The van der Waals surface area contributed by atoms with Gasteiger partial charge in [0, 0.05) is 144 Å². The third-order valence-electron chi connectivity index (χ3n) is 26.3. The molecule has 3 unspecified atom stereocenters. The number of carbonyl (C=O) groups is 6. The molecule has 6 fully saturated rings. The van der Waals surface area contributed by atoms with Gasteiger partial charge < -0.3 is 95.7 Å². The van der Waals surface area contributed by atoms with Crippen LogP contribution in [0.25, 0.3) is 0 Å². The van der Waals surface area contributed by atoms with Crippen LogP contribution in [0.15, 0.2) is 55.0 Å². The van der Waals surface area contributed by atoms with Crippen LogP contribution >= 0.6 is 0 Å². The van der Waals surface area contributed by atoms with Crippen molar-refractivity contribution in [1.29, 1.82) is 0 Å². The van der Waals surface area contributed by atoms with Gasteiger partial charge in [-0.05, 0) is 192 Å². The van der Waals surface area contributed by atoms with E-state index in [2.05, 4.69) is 115 Å². The summed E-state index contributed by atoms with van der Waals surface area (Å²) in [6.07, 6.45) is 15.8. The number of carbonyl (C=O) groups excluding carboxylic acids is 5. The fraction of sp³-hybridized carbons (Fsp3) is 0.586. The largest absolute Gasteiger partial charge is 0.491 e. The third kappa shape index (κ3) is 16.2. The van der Waals surface area contributed by atoms with Gasteiger partial charge in [-0.2, -0.15) is 15.0 Å². The van der Waals surface area contributed by atoms with Gasteiger partial charge in [-0.1, -0.05) is 20.8 Å². The monoisotopic (exact) mass is 1620 g/mol. The number of aromatic nitrogens is 6. The molecule has 0 radical (unpaired) electrons. The number of nitrogens with zero attached hydrogens (tertiary/aromatic N) is 15. The molecule has 118 heavy (non-hydrogen) atoms. The highest BCUT2D eigenvalue weighted by Gasteiger charge is 2.46. The summed E-state index contributed by atoms with van der Waals surface area (Å²) in [5.41, 5.74) is 14.1.